The van der Waals surface area contributed by atoms with Crippen LogP contribution < -0.4 is 5.32 Å². The van der Waals surface area contributed by atoms with Crippen molar-refractivity contribution in [3.8, 4) is 6.07 Å². The molecule has 0 atom stereocenters. The smallest absolute Gasteiger partial charge is 0.223 e. The number of anilines is 1. The fraction of sp³-hybridized carbons (Fsp3) is 0.273. The molecule has 0 amide bonds. The van der Waals surface area contributed by atoms with E-state index in [9.17, 15) is 0 Å². The third kappa shape index (κ3) is 3.01. The maximum Gasteiger partial charge on any atom is 0.223 e. The zero-order valence-corrected chi connectivity index (χ0v) is 9.46. The minimum atomic E-state index is 0.361. The molecular formula is C11H12N6. The molecule has 1 N–H and O–H groups in total. The number of nitrogens with zero attached hydrogens (tertiary/aromatic N) is 5. The van der Waals surface area contributed by atoms with Gasteiger partial charge in [0.05, 0.1) is 5.69 Å². The standard InChI is InChI=1S/C11H12N6/c1-17-7-4-9(16-17)2-5-13-11-14-6-3-10(8-12)15-11/h3-4,6-7H,2,5H2,1H3,(H,13,14,15). The molecule has 2 rings (SSSR count). The van der Waals surface area contributed by atoms with Gasteiger partial charge >= 0.3 is 0 Å². The summed E-state index contributed by atoms with van der Waals surface area (Å²) in [6, 6.07) is 5.51. The van der Waals surface area contributed by atoms with E-state index < -0.39 is 0 Å². The summed E-state index contributed by atoms with van der Waals surface area (Å²) in [6.45, 7) is 0.686. The van der Waals surface area contributed by atoms with Gasteiger partial charge in [-0.2, -0.15) is 10.4 Å². The fourth-order valence-corrected chi connectivity index (χ4v) is 1.41. The molecule has 0 spiro atoms. The van der Waals surface area contributed by atoms with Crippen molar-refractivity contribution in [2.24, 2.45) is 7.05 Å². The van der Waals surface area contributed by atoms with E-state index in [0.29, 0.717) is 18.2 Å². The van der Waals surface area contributed by atoms with Gasteiger partial charge in [-0.15, -0.1) is 0 Å². The van der Waals surface area contributed by atoms with E-state index in [-0.39, 0.29) is 0 Å². The molecule has 6 nitrogen and oxygen atoms in total. The molecule has 0 fully saturated rings. The van der Waals surface area contributed by atoms with Gasteiger partial charge in [0.25, 0.3) is 0 Å². The highest BCUT2D eigenvalue weighted by Crippen LogP contribution is 2.00. The lowest BCUT2D eigenvalue weighted by atomic mass is 10.3. The summed E-state index contributed by atoms with van der Waals surface area (Å²) in [5.74, 6) is 0.472. The molecule has 2 aromatic heterocycles. The van der Waals surface area contributed by atoms with Crippen LogP contribution in [0, 0.1) is 11.3 Å². The van der Waals surface area contributed by atoms with E-state index in [4.69, 9.17) is 5.26 Å². The van der Waals surface area contributed by atoms with Crippen LogP contribution in [0.25, 0.3) is 0 Å². The van der Waals surface area contributed by atoms with Crippen molar-refractivity contribution in [2.75, 3.05) is 11.9 Å². The van der Waals surface area contributed by atoms with Crippen LogP contribution in [0.3, 0.4) is 0 Å². The molecule has 17 heavy (non-hydrogen) atoms. The molecule has 0 saturated heterocycles. The summed E-state index contributed by atoms with van der Waals surface area (Å²) in [4.78, 5) is 8.04. The van der Waals surface area contributed by atoms with Crippen molar-refractivity contribution in [2.45, 2.75) is 6.42 Å². The van der Waals surface area contributed by atoms with Crippen molar-refractivity contribution < 1.29 is 0 Å². The molecule has 6 heteroatoms. The van der Waals surface area contributed by atoms with E-state index in [1.54, 1.807) is 16.9 Å². The molecule has 0 bridgehead atoms. The molecule has 0 aromatic carbocycles. The molecule has 0 unspecified atom stereocenters. The Balaban J connectivity index is 1.88. The maximum atomic E-state index is 8.69. The number of hydrogen-bond acceptors (Lipinski definition) is 5. The third-order valence-corrected chi connectivity index (χ3v) is 2.20. The van der Waals surface area contributed by atoms with Gasteiger partial charge in [-0.3, -0.25) is 4.68 Å². The highest BCUT2D eigenvalue weighted by Gasteiger charge is 1.99. The zero-order chi connectivity index (χ0) is 12.1. The Kier molecular flexibility index (Phi) is 3.31. The molecule has 0 saturated carbocycles. The van der Waals surface area contributed by atoms with Crippen LogP contribution in [0.15, 0.2) is 24.5 Å². The Morgan fingerprint density at radius 3 is 3.06 bits per heavy atom. The van der Waals surface area contributed by atoms with Crippen LogP contribution in [0.5, 0.6) is 0 Å². The molecule has 2 heterocycles. The van der Waals surface area contributed by atoms with Crippen molar-refractivity contribution in [1.29, 1.82) is 5.26 Å². The normalized spacial score (nSPS) is 9.88. The van der Waals surface area contributed by atoms with Gasteiger partial charge < -0.3 is 5.32 Å². The summed E-state index contributed by atoms with van der Waals surface area (Å²) in [6.07, 6.45) is 4.26. The van der Waals surface area contributed by atoms with Gasteiger partial charge in [0.15, 0.2) is 0 Å². The van der Waals surface area contributed by atoms with E-state index in [0.717, 1.165) is 12.1 Å². The van der Waals surface area contributed by atoms with Crippen molar-refractivity contribution in [3.05, 3.63) is 35.9 Å². The topological polar surface area (TPSA) is 79.4 Å². The van der Waals surface area contributed by atoms with Crippen molar-refractivity contribution in [3.63, 3.8) is 0 Å². The SMILES string of the molecule is Cn1ccc(CCNc2nccc(C#N)n2)n1. The van der Waals surface area contributed by atoms with Gasteiger partial charge in [0, 0.05) is 32.4 Å². The van der Waals surface area contributed by atoms with E-state index >= 15 is 0 Å². The number of aromatic nitrogens is 4. The summed E-state index contributed by atoms with van der Waals surface area (Å²) in [5.41, 5.74) is 1.37. The van der Waals surface area contributed by atoms with Crippen LogP contribution >= 0.6 is 0 Å². The van der Waals surface area contributed by atoms with E-state index in [2.05, 4.69) is 20.4 Å². The summed E-state index contributed by atoms with van der Waals surface area (Å²) in [7, 11) is 1.89. The van der Waals surface area contributed by atoms with Crippen molar-refractivity contribution >= 4 is 5.95 Å². The predicted octanol–water partition coefficient (Wildman–Crippen LogP) is 0.736. The highest BCUT2D eigenvalue weighted by atomic mass is 15.2. The summed E-state index contributed by atoms with van der Waals surface area (Å²) < 4.78 is 1.77. The number of aryl methyl sites for hydroxylation is 1. The average molecular weight is 228 g/mol. The van der Waals surface area contributed by atoms with Crippen LogP contribution in [0.4, 0.5) is 5.95 Å². The van der Waals surface area contributed by atoms with Crippen LogP contribution in [-0.2, 0) is 13.5 Å². The van der Waals surface area contributed by atoms with Crippen LogP contribution in [0.2, 0.25) is 0 Å². The average Bonchev–Trinajstić information content (AvgIpc) is 2.75. The number of hydrogen-bond donors (Lipinski definition) is 1. The molecule has 0 aliphatic rings. The van der Waals surface area contributed by atoms with Crippen LogP contribution in [-0.4, -0.2) is 26.3 Å². The molecule has 2 aromatic rings. The van der Waals surface area contributed by atoms with Crippen LogP contribution in [0.1, 0.15) is 11.4 Å². The zero-order valence-electron chi connectivity index (χ0n) is 9.46. The molecule has 86 valence electrons. The summed E-state index contributed by atoms with van der Waals surface area (Å²) in [5, 5.41) is 16.0. The lowest BCUT2D eigenvalue weighted by Gasteiger charge is -2.02. The Labute approximate surface area is 98.9 Å². The predicted molar refractivity (Wildman–Crippen MR) is 62.1 cm³/mol. The van der Waals surface area contributed by atoms with Gasteiger partial charge in [-0.05, 0) is 12.1 Å². The molecule has 0 aliphatic carbocycles. The van der Waals surface area contributed by atoms with Crippen molar-refractivity contribution in [1.82, 2.24) is 19.7 Å². The Morgan fingerprint density at radius 2 is 2.35 bits per heavy atom. The fourth-order valence-electron chi connectivity index (χ4n) is 1.41. The highest BCUT2D eigenvalue weighted by molar-refractivity contribution is 5.30. The number of nitrogens with one attached hydrogen (secondary N) is 1. The summed E-state index contributed by atoms with van der Waals surface area (Å²) >= 11 is 0. The minimum Gasteiger partial charge on any atom is -0.354 e. The monoisotopic (exact) mass is 228 g/mol. The van der Waals surface area contributed by atoms with Gasteiger partial charge in [0.2, 0.25) is 5.95 Å². The van der Waals surface area contributed by atoms with E-state index in [1.165, 1.54) is 0 Å². The molecular weight excluding hydrogens is 216 g/mol. The second kappa shape index (κ2) is 5.07. The number of nitriles is 1. The Bertz CT molecular complexity index is 539. The Morgan fingerprint density at radius 1 is 1.47 bits per heavy atom. The first-order valence-corrected chi connectivity index (χ1v) is 5.23. The first-order chi connectivity index (χ1) is 8.28. The van der Waals surface area contributed by atoms with Gasteiger partial charge in [-0.25, -0.2) is 9.97 Å². The molecule has 0 aliphatic heterocycles. The Hall–Kier alpha value is -2.42. The third-order valence-electron chi connectivity index (χ3n) is 2.20. The lowest BCUT2D eigenvalue weighted by molar-refractivity contribution is 0.741. The van der Waals surface area contributed by atoms with E-state index in [1.807, 2.05) is 25.4 Å². The number of rotatable bonds is 4. The minimum absolute atomic E-state index is 0.361. The second-order valence-electron chi connectivity index (χ2n) is 3.53. The molecule has 0 radical (unpaired) electrons. The first-order valence-electron chi connectivity index (χ1n) is 5.23. The van der Waals surface area contributed by atoms with Gasteiger partial charge in [-0.1, -0.05) is 0 Å². The second-order valence-corrected chi connectivity index (χ2v) is 3.53. The lowest BCUT2D eigenvalue weighted by Crippen LogP contribution is -2.08. The largest absolute Gasteiger partial charge is 0.354 e. The first kappa shape index (κ1) is 11.1. The quantitative estimate of drug-likeness (QED) is 0.834. The van der Waals surface area contributed by atoms with Gasteiger partial charge in [0.1, 0.15) is 11.8 Å². The maximum absolute atomic E-state index is 8.69.